The van der Waals surface area contributed by atoms with Gasteiger partial charge in [-0.25, -0.2) is 0 Å². The zero-order valence-electron chi connectivity index (χ0n) is 8.36. The molecule has 82 valence electrons. The normalized spacial score (nSPS) is 10.1. The average molecular weight is 299 g/mol. The number of hydrogen-bond acceptors (Lipinski definition) is 2. The highest BCUT2D eigenvalue weighted by atomic mass is 79.9. The Morgan fingerprint density at radius 3 is 2.94 bits per heavy atom. The minimum Gasteiger partial charge on any atom is -0.487 e. The molecular formula is C12H9BrClNO. The van der Waals surface area contributed by atoms with Crippen LogP contribution in [0.3, 0.4) is 0 Å². The molecular weight excluding hydrogens is 289 g/mol. The van der Waals surface area contributed by atoms with Crippen molar-refractivity contribution in [2.75, 3.05) is 0 Å². The molecule has 0 N–H and O–H groups in total. The molecule has 0 fully saturated rings. The minimum atomic E-state index is 0.462. The number of benzene rings is 1. The average Bonchev–Trinajstić information content (AvgIpc) is 2.32. The lowest BCUT2D eigenvalue weighted by atomic mass is 10.3. The Morgan fingerprint density at radius 2 is 2.19 bits per heavy atom. The first-order valence-electron chi connectivity index (χ1n) is 4.72. The third-order valence-electron chi connectivity index (χ3n) is 2.01. The van der Waals surface area contributed by atoms with Crippen LogP contribution in [0.1, 0.15) is 5.56 Å². The Hall–Kier alpha value is -1.06. The van der Waals surface area contributed by atoms with Crippen molar-refractivity contribution < 1.29 is 4.74 Å². The smallest absolute Gasteiger partial charge is 0.139 e. The number of hydrogen-bond donors (Lipinski definition) is 0. The molecule has 4 heteroatoms. The third kappa shape index (κ3) is 2.97. The van der Waals surface area contributed by atoms with Gasteiger partial charge in [-0.15, -0.1) is 0 Å². The first-order valence-corrected chi connectivity index (χ1v) is 5.89. The first-order chi connectivity index (χ1) is 7.75. The molecule has 0 saturated carbocycles. The van der Waals surface area contributed by atoms with Gasteiger partial charge in [0.15, 0.2) is 0 Å². The highest BCUT2D eigenvalue weighted by molar-refractivity contribution is 9.10. The van der Waals surface area contributed by atoms with Crippen molar-refractivity contribution in [2.45, 2.75) is 6.61 Å². The van der Waals surface area contributed by atoms with Gasteiger partial charge in [-0.1, -0.05) is 33.6 Å². The summed E-state index contributed by atoms with van der Waals surface area (Å²) in [5.74, 6) is 0.667. The molecule has 1 heterocycles. The largest absolute Gasteiger partial charge is 0.487 e. The van der Waals surface area contributed by atoms with E-state index >= 15 is 0 Å². The van der Waals surface area contributed by atoms with Crippen LogP contribution in [0.2, 0.25) is 5.02 Å². The van der Waals surface area contributed by atoms with E-state index in [1.807, 2.05) is 24.3 Å². The third-order valence-corrected chi connectivity index (χ3v) is 2.82. The minimum absolute atomic E-state index is 0.462. The second kappa shape index (κ2) is 5.32. The van der Waals surface area contributed by atoms with Gasteiger partial charge in [-0.3, -0.25) is 4.98 Å². The van der Waals surface area contributed by atoms with Crippen LogP contribution in [0.4, 0.5) is 0 Å². The molecule has 16 heavy (non-hydrogen) atoms. The van der Waals surface area contributed by atoms with E-state index in [-0.39, 0.29) is 0 Å². The lowest BCUT2D eigenvalue weighted by molar-refractivity contribution is 0.306. The van der Waals surface area contributed by atoms with Crippen LogP contribution in [0, 0.1) is 0 Å². The topological polar surface area (TPSA) is 22.1 Å². The summed E-state index contributed by atoms with van der Waals surface area (Å²) in [5, 5.41) is 0.604. The molecule has 0 aliphatic rings. The summed E-state index contributed by atoms with van der Waals surface area (Å²) in [6, 6.07) is 9.35. The van der Waals surface area contributed by atoms with Crippen molar-refractivity contribution in [3.63, 3.8) is 0 Å². The standard InChI is InChI=1S/C12H9BrClNO/c13-10-3-4-11(14)12(6-10)16-8-9-2-1-5-15-7-9/h1-7H,8H2. The zero-order chi connectivity index (χ0) is 11.4. The molecule has 2 nitrogen and oxygen atoms in total. The van der Waals surface area contributed by atoms with Crippen LogP contribution in [0.15, 0.2) is 47.2 Å². The SMILES string of the molecule is Clc1ccc(Br)cc1OCc1cccnc1. The van der Waals surface area contributed by atoms with E-state index in [1.54, 1.807) is 18.5 Å². The molecule has 0 bridgehead atoms. The fourth-order valence-corrected chi connectivity index (χ4v) is 1.74. The maximum absolute atomic E-state index is 6.00. The van der Waals surface area contributed by atoms with E-state index in [9.17, 15) is 0 Å². The predicted octanol–water partition coefficient (Wildman–Crippen LogP) is 4.08. The molecule has 0 unspecified atom stereocenters. The Bertz CT molecular complexity index is 476. The van der Waals surface area contributed by atoms with Gasteiger partial charge < -0.3 is 4.74 Å². The number of pyridine rings is 1. The van der Waals surface area contributed by atoms with Gasteiger partial charge in [-0.05, 0) is 24.3 Å². The molecule has 2 aromatic rings. The van der Waals surface area contributed by atoms with E-state index in [4.69, 9.17) is 16.3 Å². The van der Waals surface area contributed by atoms with Crippen LogP contribution in [-0.2, 0) is 6.61 Å². The van der Waals surface area contributed by atoms with Crippen molar-refractivity contribution in [3.8, 4) is 5.75 Å². The maximum atomic E-state index is 6.00. The quantitative estimate of drug-likeness (QED) is 0.852. The summed E-state index contributed by atoms with van der Waals surface area (Å²) in [6.07, 6.45) is 3.50. The number of rotatable bonds is 3. The number of aromatic nitrogens is 1. The molecule has 0 amide bonds. The van der Waals surface area contributed by atoms with Gasteiger partial charge in [0, 0.05) is 22.4 Å². The van der Waals surface area contributed by atoms with Gasteiger partial charge in [0.25, 0.3) is 0 Å². The Balaban J connectivity index is 2.08. The van der Waals surface area contributed by atoms with Gasteiger partial charge in [0.1, 0.15) is 12.4 Å². The van der Waals surface area contributed by atoms with E-state index in [0.29, 0.717) is 17.4 Å². The fourth-order valence-electron chi connectivity index (χ4n) is 1.23. The summed E-state index contributed by atoms with van der Waals surface area (Å²) >= 11 is 9.37. The highest BCUT2D eigenvalue weighted by Gasteiger charge is 2.02. The Labute approximate surface area is 107 Å². The van der Waals surface area contributed by atoms with E-state index < -0.39 is 0 Å². The number of ether oxygens (including phenoxy) is 1. The van der Waals surface area contributed by atoms with E-state index in [2.05, 4.69) is 20.9 Å². The number of nitrogens with zero attached hydrogens (tertiary/aromatic N) is 1. The molecule has 2 rings (SSSR count). The van der Waals surface area contributed by atoms with Crippen LogP contribution < -0.4 is 4.74 Å². The summed E-state index contributed by atoms with van der Waals surface area (Å²) in [5.41, 5.74) is 1.01. The summed E-state index contributed by atoms with van der Waals surface area (Å²) in [6.45, 7) is 0.462. The molecule has 0 saturated heterocycles. The maximum Gasteiger partial charge on any atom is 0.139 e. The van der Waals surface area contributed by atoms with Gasteiger partial charge in [0.05, 0.1) is 5.02 Å². The van der Waals surface area contributed by atoms with E-state index in [0.717, 1.165) is 10.0 Å². The Morgan fingerprint density at radius 1 is 1.31 bits per heavy atom. The second-order valence-corrected chi connectivity index (χ2v) is 4.55. The van der Waals surface area contributed by atoms with Crippen molar-refractivity contribution in [1.29, 1.82) is 0 Å². The summed E-state index contributed by atoms with van der Waals surface area (Å²) < 4.78 is 6.54. The van der Waals surface area contributed by atoms with Gasteiger partial charge in [0.2, 0.25) is 0 Å². The fraction of sp³-hybridized carbons (Fsp3) is 0.0833. The second-order valence-electron chi connectivity index (χ2n) is 3.22. The molecule has 0 aliphatic carbocycles. The van der Waals surface area contributed by atoms with E-state index in [1.165, 1.54) is 0 Å². The van der Waals surface area contributed by atoms with Gasteiger partial charge in [-0.2, -0.15) is 0 Å². The van der Waals surface area contributed by atoms with Crippen LogP contribution >= 0.6 is 27.5 Å². The predicted molar refractivity (Wildman–Crippen MR) is 67.7 cm³/mol. The molecule has 0 spiro atoms. The van der Waals surface area contributed by atoms with Gasteiger partial charge >= 0.3 is 0 Å². The summed E-state index contributed by atoms with van der Waals surface area (Å²) in [4.78, 5) is 4.01. The molecule has 1 aromatic heterocycles. The van der Waals surface area contributed by atoms with Crippen LogP contribution in [0.5, 0.6) is 5.75 Å². The van der Waals surface area contributed by atoms with Crippen LogP contribution in [0.25, 0.3) is 0 Å². The molecule has 0 aliphatic heterocycles. The number of halogens is 2. The van der Waals surface area contributed by atoms with Crippen molar-refractivity contribution in [1.82, 2.24) is 4.98 Å². The first kappa shape index (κ1) is 11.4. The Kier molecular flexibility index (Phi) is 3.80. The lowest BCUT2D eigenvalue weighted by Crippen LogP contribution is -1.96. The molecule has 0 atom stereocenters. The molecule has 0 radical (unpaired) electrons. The van der Waals surface area contributed by atoms with Crippen LogP contribution in [-0.4, -0.2) is 4.98 Å². The van der Waals surface area contributed by atoms with Crippen molar-refractivity contribution in [2.24, 2.45) is 0 Å². The highest BCUT2D eigenvalue weighted by Crippen LogP contribution is 2.28. The van der Waals surface area contributed by atoms with Crippen molar-refractivity contribution >= 4 is 27.5 Å². The van der Waals surface area contributed by atoms with Crippen molar-refractivity contribution in [3.05, 3.63) is 57.8 Å². The monoisotopic (exact) mass is 297 g/mol. The lowest BCUT2D eigenvalue weighted by Gasteiger charge is -2.07. The molecule has 1 aromatic carbocycles. The zero-order valence-corrected chi connectivity index (χ0v) is 10.7. The summed E-state index contributed by atoms with van der Waals surface area (Å²) in [7, 11) is 0.